The van der Waals surface area contributed by atoms with Gasteiger partial charge in [0.25, 0.3) is 11.8 Å². The number of aryl methyl sites for hydroxylation is 4. The Labute approximate surface area is 187 Å². The molecular formula is C26H23ClN2O2. The maximum Gasteiger partial charge on any atom is 0.282 e. The molecule has 0 spiro atoms. The van der Waals surface area contributed by atoms with E-state index in [2.05, 4.69) is 5.32 Å². The van der Waals surface area contributed by atoms with Crippen LogP contribution in [-0.4, -0.2) is 11.8 Å². The van der Waals surface area contributed by atoms with Crippen LogP contribution >= 0.6 is 11.6 Å². The number of benzene rings is 3. The summed E-state index contributed by atoms with van der Waals surface area (Å²) in [7, 11) is 0. The fourth-order valence-corrected chi connectivity index (χ4v) is 3.85. The Morgan fingerprint density at radius 3 is 2.10 bits per heavy atom. The van der Waals surface area contributed by atoms with Crippen LogP contribution in [0.15, 0.2) is 66.4 Å². The molecule has 0 radical (unpaired) electrons. The highest BCUT2D eigenvalue weighted by Crippen LogP contribution is 2.35. The molecule has 156 valence electrons. The summed E-state index contributed by atoms with van der Waals surface area (Å²) in [6.07, 6.45) is 0. The number of halogens is 1. The van der Waals surface area contributed by atoms with Gasteiger partial charge >= 0.3 is 0 Å². The molecule has 0 saturated heterocycles. The van der Waals surface area contributed by atoms with Crippen LogP contribution in [0.25, 0.3) is 5.57 Å². The first-order chi connectivity index (χ1) is 14.8. The number of carbonyl (C=O) groups is 2. The van der Waals surface area contributed by atoms with E-state index in [1.807, 2.05) is 64.1 Å². The van der Waals surface area contributed by atoms with Crippen molar-refractivity contribution >= 4 is 40.4 Å². The lowest BCUT2D eigenvalue weighted by atomic mass is 9.99. The Kier molecular flexibility index (Phi) is 5.42. The standard InChI is InChI=1S/C26H23ClN2O2/c1-15-5-12-22(18(4)13-15)28-24-23(19-7-6-16(2)17(3)14-19)25(30)29(26(24)31)21-10-8-20(27)9-11-21/h5-14,28H,1-4H3. The van der Waals surface area contributed by atoms with Crippen LogP contribution in [0.3, 0.4) is 0 Å². The van der Waals surface area contributed by atoms with Crippen molar-refractivity contribution in [2.24, 2.45) is 0 Å². The second-order valence-electron chi connectivity index (χ2n) is 7.91. The van der Waals surface area contributed by atoms with Gasteiger partial charge in [-0.2, -0.15) is 0 Å². The Morgan fingerprint density at radius 1 is 0.742 bits per heavy atom. The molecule has 3 aromatic carbocycles. The van der Waals surface area contributed by atoms with Crippen LogP contribution in [0.5, 0.6) is 0 Å². The van der Waals surface area contributed by atoms with Crippen molar-refractivity contribution in [1.82, 2.24) is 0 Å². The zero-order valence-corrected chi connectivity index (χ0v) is 18.7. The van der Waals surface area contributed by atoms with Crippen molar-refractivity contribution in [2.75, 3.05) is 10.2 Å². The summed E-state index contributed by atoms with van der Waals surface area (Å²) in [6.45, 7) is 8.01. The lowest BCUT2D eigenvalue weighted by Gasteiger charge is -2.16. The quantitative estimate of drug-likeness (QED) is 0.518. The number of imide groups is 1. The maximum absolute atomic E-state index is 13.5. The van der Waals surface area contributed by atoms with E-state index in [4.69, 9.17) is 11.6 Å². The highest BCUT2D eigenvalue weighted by Gasteiger charge is 2.40. The molecule has 1 aliphatic heterocycles. The van der Waals surface area contributed by atoms with Crippen LogP contribution in [0.2, 0.25) is 5.02 Å². The smallest absolute Gasteiger partial charge is 0.282 e. The summed E-state index contributed by atoms with van der Waals surface area (Å²) in [5.41, 5.74) is 6.93. The molecule has 1 N–H and O–H groups in total. The van der Waals surface area contributed by atoms with E-state index in [1.54, 1.807) is 24.3 Å². The van der Waals surface area contributed by atoms with Crippen molar-refractivity contribution < 1.29 is 9.59 Å². The predicted octanol–water partition coefficient (Wildman–Crippen LogP) is 5.97. The SMILES string of the molecule is Cc1ccc(NC2=C(c3ccc(C)c(C)c3)C(=O)N(c3ccc(Cl)cc3)C2=O)c(C)c1. The van der Waals surface area contributed by atoms with Gasteiger partial charge in [0.2, 0.25) is 0 Å². The Morgan fingerprint density at radius 2 is 1.45 bits per heavy atom. The van der Waals surface area contributed by atoms with Gasteiger partial charge in [-0.3, -0.25) is 9.59 Å². The lowest BCUT2D eigenvalue weighted by Crippen LogP contribution is -2.32. The van der Waals surface area contributed by atoms with Gasteiger partial charge in [-0.15, -0.1) is 0 Å². The van der Waals surface area contributed by atoms with Gasteiger partial charge < -0.3 is 5.32 Å². The molecular weight excluding hydrogens is 408 g/mol. The molecule has 3 aromatic rings. The highest BCUT2D eigenvalue weighted by molar-refractivity contribution is 6.46. The van der Waals surface area contributed by atoms with E-state index in [0.717, 1.165) is 27.9 Å². The van der Waals surface area contributed by atoms with E-state index in [9.17, 15) is 9.59 Å². The first-order valence-corrected chi connectivity index (χ1v) is 10.4. The van der Waals surface area contributed by atoms with E-state index >= 15 is 0 Å². The Hall–Kier alpha value is -3.37. The summed E-state index contributed by atoms with van der Waals surface area (Å²) < 4.78 is 0. The van der Waals surface area contributed by atoms with Gasteiger partial charge in [-0.25, -0.2) is 4.90 Å². The molecule has 31 heavy (non-hydrogen) atoms. The van der Waals surface area contributed by atoms with Crippen molar-refractivity contribution in [1.29, 1.82) is 0 Å². The van der Waals surface area contributed by atoms with Crippen LogP contribution in [0.4, 0.5) is 11.4 Å². The molecule has 0 atom stereocenters. The molecule has 0 aliphatic carbocycles. The monoisotopic (exact) mass is 430 g/mol. The molecule has 4 nitrogen and oxygen atoms in total. The molecule has 1 aliphatic rings. The summed E-state index contributed by atoms with van der Waals surface area (Å²) in [4.78, 5) is 28.2. The summed E-state index contributed by atoms with van der Waals surface area (Å²) in [5.74, 6) is -0.747. The molecule has 1 heterocycles. The first kappa shape index (κ1) is 20.9. The number of carbonyl (C=O) groups excluding carboxylic acids is 2. The third-order valence-corrected chi connectivity index (χ3v) is 5.86. The topological polar surface area (TPSA) is 49.4 Å². The van der Waals surface area contributed by atoms with Gasteiger partial charge in [-0.05, 0) is 80.3 Å². The minimum Gasteiger partial charge on any atom is -0.350 e. The molecule has 0 aromatic heterocycles. The number of hydrogen-bond acceptors (Lipinski definition) is 3. The first-order valence-electron chi connectivity index (χ1n) is 10.1. The van der Waals surface area contributed by atoms with Gasteiger partial charge in [0.1, 0.15) is 5.70 Å². The molecule has 2 amide bonds. The molecule has 4 rings (SSSR count). The number of hydrogen-bond donors (Lipinski definition) is 1. The third-order valence-electron chi connectivity index (χ3n) is 5.61. The van der Waals surface area contributed by atoms with E-state index < -0.39 is 0 Å². The van der Waals surface area contributed by atoms with E-state index in [-0.39, 0.29) is 17.5 Å². The van der Waals surface area contributed by atoms with Crippen molar-refractivity contribution in [3.63, 3.8) is 0 Å². The van der Waals surface area contributed by atoms with Crippen LogP contribution in [0.1, 0.15) is 27.8 Å². The van der Waals surface area contributed by atoms with Gasteiger partial charge in [-0.1, -0.05) is 47.5 Å². The highest BCUT2D eigenvalue weighted by atomic mass is 35.5. The minimum absolute atomic E-state index is 0.273. The summed E-state index contributed by atoms with van der Waals surface area (Å²) >= 11 is 6.00. The largest absolute Gasteiger partial charge is 0.350 e. The van der Waals surface area contributed by atoms with E-state index in [0.29, 0.717) is 21.8 Å². The fraction of sp³-hybridized carbons (Fsp3) is 0.154. The van der Waals surface area contributed by atoms with Gasteiger partial charge in [0.05, 0.1) is 11.3 Å². The predicted molar refractivity (Wildman–Crippen MR) is 126 cm³/mol. The molecule has 0 fully saturated rings. The maximum atomic E-state index is 13.5. The van der Waals surface area contributed by atoms with Crippen LogP contribution in [-0.2, 0) is 9.59 Å². The summed E-state index contributed by atoms with van der Waals surface area (Å²) in [5, 5.41) is 3.79. The molecule has 5 heteroatoms. The average Bonchev–Trinajstić information content (AvgIpc) is 2.97. The number of amides is 2. The van der Waals surface area contributed by atoms with Crippen molar-refractivity contribution in [3.05, 3.63) is 99.2 Å². The van der Waals surface area contributed by atoms with Gasteiger partial charge in [0.15, 0.2) is 0 Å². The zero-order chi connectivity index (χ0) is 22.3. The Balaban J connectivity index is 1.85. The van der Waals surface area contributed by atoms with E-state index in [1.165, 1.54) is 4.90 Å². The second kappa shape index (κ2) is 8.05. The molecule has 0 saturated carbocycles. The summed E-state index contributed by atoms with van der Waals surface area (Å²) in [6, 6.07) is 18.4. The number of nitrogens with one attached hydrogen (secondary N) is 1. The third kappa shape index (κ3) is 3.87. The molecule has 0 bridgehead atoms. The van der Waals surface area contributed by atoms with Crippen LogP contribution in [0, 0.1) is 27.7 Å². The second-order valence-corrected chi connectivity index (χ2v) is 8.35. The zero-order valence-electron chi connectivity index (χ0n) is 17.9. The number of rotatable bonds is 4. The van der Waals surface area contributed by atoms with Crippen LogP contribution < -0.4 is 10.2 Å². The van der Waals surface area contributed by atoms with Crippen molar-refractivity contribution in [3.8, 4) is 0 Å². The number of anilines is 2. The minimum atomic E-state index is -0.388. The normalized spacial score (nSPS) is 13.9. The van der Waals surface area contributed by atoms with Crippen molar-refractivity contribution in [2.45, 2.75) is 27.7 Å². The molecule has 0 unspecified atom stereocenters. The Bertz CT molecular complexity index is 1240. The lowest BCUT2D eigenvalue weighted by molar-refractivity contribution is -0.120. The number of nitrogens with zero attached hydrogens (tertiary/aromatic N) is 1. The average molecular weight is 431 g/mol. The fourth-order valence-electron chi connectivity index (χ4n) is 3.72. The van der Waals surface area contributed by atoms with Gasteiger partial charge in [0, 0.05) is 10.7 Å².